The molecule has 130 valence electrons. The van der Waals surface area contributed by atoms with E-state index in [1.54, 1.807) is 31.1 Å². The van der Waals surface area contributed by atoms with E-state index >= 15 is 0 Å². The van der Waals surface area contributed by atoms with Gasteiger partial charge in [0.15, 0.2) is 0 Å². The molecule has 0 spiro atoms. The number of ether oxygens (including phenoxy) is 2. The number of nitrogens with zero attached hydrogens (tertiary/aromatic N) is 1. The lowest BCUT2D eigenvalue weighted by atomic mass is 10.2. The Morgan fingerprint density at radius 2 is 2.12 bits per heavy atom. The number of hydrogen-bond acceptors (Lipinski definition) is 5. The first-order chi connectivity index (χ1) is 11.5. The summed E-state index contributed by atoms with van der Waals surface area (Å²) in [5.41, 5.74) is 0.739. The highest BCUT2D eigenvalue weighted by molar-refractivity contribution is 5.97. The van der Waals surface area contributed by atoms with Crippen LogP contribution < -0.4 is 15.0 Å². The quantitative estimate of drug-likeness (QED) is 0.759. The van der Waals surface area contributed by atoms with Crippen LogP contribution in [0.5, 0.6) is 5.75 Å². The van der Waals surface area contributed by atoms with Crippen molar-refractivity contribution >= 4 is 23.5 Å². The monoisotopic (exact) mass is 334 g/mol. The van der Waals surface area contributed by atoms with Gasteiger partial charge in [-0.1, -0.05) is 6.07 Å². The summed E-state index contributed by atoms with van der Waals surface area (Å²) in [6.45, 7) is 2.42. The summed E-state index contributed by atoms with van der Waals surface area (Å²) in [5.74, 6) is -0.0392. The number of methoxy groups -OCH3 is 1. The fraction of sp³-hybridized carbons (Fsp3) is 0.471. The lowest BCUT2D eigenvalue weighted by molar-refractivity contribution is -0.144. The molecule has 0 aromatic heterocycles. The molecule has 1 saturated heterocycles. The summed E-state index contributed by atoms with van der Waals surface area (Å²) < 4.78 is 9.95. The molecular weight excluding hydrogens is 312 g/mol. The van der Waals surface area contributed by atoms with Gasteiger partial charge in [-0.25, -0.2) is 0 Å². The van der Waals surface area contributed by atoms with Crippen LogP contribution in [0.4, 0.5) is 5.69 Å². The van der Waals surface area contributed by atoms with Crippen molar-refractivity contribution in [2.75, 3.05) is 25.2 Å². The van der Waals surface area contributed by atoms with Gasteiger partial charge in [-0.15, -0.1) is 0 Å². The number of benzene rings is 1. The van der Waals surface area contributed by atoms with Crippen molar-refractivity contribution in [3.8, 4) is 5.75 Å². The fourth-order valence-electron chi connectivity index (χ4n) is 2.58. The van der Waals surface area contributed by atoms with Gasteiger partial charge in [-0.2, -0.15) is 0 Å². The molecule has 2 rings (SSSR count). The minimum Gasteiger partial charge on any atom is -0.497 e. The molecule has 1 atom stereocenters. The molecule has 24 heavy (non-hydrogen) atoms. The molecule has 0 saturated carbocycles. The van der Waals surface area contributed by atoms with E-state index in [-0.39, 0.29) is 37.1 Å². The van der Waals surface area contributed by atoms with Crippen LogP contribution in [0, 0.1) is 0 Å². The second-order valence-corrected chi connectivity index (χ2v) is 5.48. The zero-order valence-corrected chi connectivity index (χ0v) is 13.9. The van der Waals surface area contributed by atoms with E-state index in [0.717, 1.165) is 5.69 Å². The summed E-state index contributed by atoms with van der Waals surface area (Å²) in [7, 11) is 1.57. The highest BCUT2D eigenvalue weighted by Gasteiger charge is 2.31. The Bertz CT molecular complexity index is 617. The molecule has 1 aliphatic rings. The van der Waals surface area contributed by atoms with E-state index < -0.39 is 5.97 Å². The molecule has 7 nitrogen and oxygen atoms in total. The molecule has 1 aromatic rings. The molecule has 0 bridgehead atoms. The number of esters is 1. The van der Waals surface area contributed by atoms with Crippen LogP contribution in [0.2, 0.25) is 0 Å². The van der Waals surface area contributed by atoms with Gasteiger partial charge in [0.1, 0.15) is 5.75 Å². The summed E-state index contributed by atoms with van der Waals surface area (Å²) in [6.07, 6.45) is 0.338. The summed E-state index contributed by atoms with van der Waals surface area (Å²) in [6, 6.07) is 6.96. The average Bonchev–Trinajstić information content (AvgIpc) is 2.93. The molecule has 1 aliphatic heterocycles. The highest BCUT2D eigenvalue weighted by Crippen LogP contribution is 2.25. The van der Waals surface area contributed by atoms with E-state index in [9.17, 15) is 14.4 Å². The molecule has 7 heteroatoms. The van der Waals surface area contributed by atoms with Gasteiger partial charge in [0.05, 0.1) is 26.2 Å². The van der Waals surface area contributed by atoms with E-state index in [2.05, 4.69) is 5.32 Å². The van der Waals surface area contributed by atoms with Crippen LogP contribution in [-0.4, -0.2) is 44.1 Å². The minimum atomic E-state index is -0.395. The van der Waals surface area contributed by atoms with Gasteiger partial charge in [-0.05, 0) is 19.1 Å². The molecule has 1 aromatic carbocycles. The Morgan fingerprint density at radius 3 is 2.83 bits per heavy atom. The number of amides is 2. The van der Waals surface area contributed by atoms with Crippen molar-refractivity contribution < 1.29 is 23.9 Å². The number of carbonyl (C=O) groups excluding carboxylic acids is 3. The van der Waals surface area contributed by atoms with Crippen LogP contribution >= 0.6 is 0 Å². The van der Waals surface area contributed by atoms with Crippen molar-refractivity contribution in [2.45, 2.75) is 32.2 Å². The van der Waals surface area contributed by atoms with Gasteiger partial charge in [0.2, 0.25) is 11.8 Å². The zero-order chi connectivity index (χ0) is 17.5. The Kier molecular flexibility index (Phi) is 6.17. The predicted octanol–water partition coefficient (Wildman–Crippen LogP) is 1.26. The Morgan fingerprint density at radius 1 is 1.33 bits per heavy atom. The van der Waals surface area contributed by atoms with Crippen LogP contribution in [0.15, 0.2) is 24.3 Å². The van der Waals surface area contributed by atoms with Crippen molar-refractivity contribution in [3.63, 3.8) is 0 Å². The SMILES string of the molecule is CCOC(=O)CCC(=O)N[C@@H]1CC(=O)N(c2cccc(OC)c2)C1. The number of hydrogen-bond donors (Lipinski definition) is 1. The second-order valence-electron chi connectivity index (χ2n) is 5.48. The Balaban J connectivity index is 1.87. The lowest BCUT2D eigenvalue weighted by Crippen LogP contribution is -2.37. The van der Waals surface area contributed by atoms with Crippen LogP contribution in [-0.2, 0) is 19.1 Å². The Hall–Kier alpha value is -2.57. The van der Waals surface area contributed by atoms with Gasteiger partial charge >= 0.3 is 5.97 Å². The third-order valence-corrected chi connectivity index (χ3v) is 3.72. The van der Waals surface area contributed by atoms with Gasteiger partial charge < -0.3 is 19.7 Å². The molecule has 0 radical (unpaired) electrons. The minimum absolute atomic E-state index is 0.0416. The van der Waals surface area contributed by atoms with Gasteiger partial charge in [0, 0.05) is 31.1 Å². The van der Waals surface area contributed by atoms with E-state index in [0.29, 0.717) is 18.9 Å². The van der Waals surface area contributed by atoms with Crippen LogP contribution in [0.25, 0.3) is 0 Å². The van der Waals surface area contributed by atoms with Crippen molar-refractivity contribution in [1.29, 1.82) is 0 Å². The molecule has 2 amide bonds. The third kappa shape index (κ3) is 4.71. The van der Waals surface area contributed by atoms with Crippen molar-refractivity contribution in [1.82, 2.24) is 5.32 Å². The first kappa shape index (κ1) is 17.8. The summed E-state index contributed by atoms with van der Waals surface area (Å²) in [5, 5.41) is 2.79. The zero-order valence-electron chi connectivity index (χ0n) is 13.9. The third-order valence-electron chi connectivity index (χ3n) is 3.72. The molecular formula is C17H22N2O5. The average molecular weight is 334 g/mol. The normalized spacial score (nSPS) is 16.8. The highest BCUT2D eigenvalue weighted by atomic mass is 16.5. The van der Waals surface area contributed by atoms with Gasteiger partial charge in [-0.3, -0.25) is 14.4 Å². The fourth-order valence-corrected chi connectivity index (χ4v) is 2.58. The number of nitrogens with one attached hydrogen (secondary N) is 1. The number of rotatable bonds is 7. The summed E-state index contributed by atoms with van der Waals surface area (Å²) in [4.78, 5) is 36.9. The Labute approximate surface area is 140 Å². The molecule has 0 unspecified atom stereocenters. The molecule has 1 heterocycles. The van der Waals surface area contributed by atoms with Crippen molar-refractivity contribution in [3.05, 3.63) is 24.3 Å². The van der Waals surface area contributed by atoms with E-state index in [4.69, 9.17) is 9.47 Å². The topological polar surface area (TPSA) is 84.9 Å². The first-order valence-electron chi connectivity index (χ1n) is 7.93. The lowest BCUT2D eigenvalue weighted by Gasteiger charge is -2.18. The smallest absolute Gasteiger partial charge is 0.306 e. The van der Waals surface area contributed by atoms with E-state index in [1.165, 1.54) is 0 Å². The molecule has 0 aliphatic carbocycles. The maximum Gasteiger partial charge on any atom is 0.306 e. The van der Waals surface area contributed by atoms with Crippen LogP contribution in [0.3, 0.4) is 0 Å². The number of carbonyl (C=O) groups is 3. The van der Waals surface area contributed by atoms with E-state index in [1.807, 2.05) is 12.1 Å². The number of anilines is 1. The maximum atomic E-state index is 12.2. The van der Waals surface area contributed by atoms with Crippen LogP contribution in [0.1, 0.15) is 26.2 Å². The summed E-state index contributed by atoms with van der Waals surface area (Å²) >= 11 is 0. The maximum absolute atomic E-state index is 12.2. The van der Waals surface area contributed by atoms with Gasteiger partial charge in [0.25, 0.3) is 0 Å². The van der Waals surface area contributed by atoms with Crippen molar-refractivity contribution in [2.24, 2.45) is 0 Å². The first-order valence-corrected chi connectivity index (χ1v) is 7.93. The standard InChI is InChI=1S/C17H22N2O5/c1-3-24-17(22)8-7-15(20)18-12-9-16(21)19(11-12)13-5-4-6-14(10-13)23-2/h4-6,10,12H,3,7-9,11H2,1-2H3,(H,18,20)/t12-/m1/s1. The molecule has 1 N–H and O–H groups in total. The predicted molar refractivity (Wildman–Crippen MR) is 87.8 cm³/mol. The molecule has 1 fully saturated rings. The second kappa shape index (κ2) is 8.33. The largest absolute Gasteiger partial charge is 0.497 e.